The number of hydrogen-bond acceptors (Lipinski definition) is 3. The van der Waals surface area contributed by atoms with Crippen LogP contribution in [0.25, 0.3) is 0 Å². The van der Waals surface area contributed by atoms with Crippen LogP contribution in [-0.2, 0) is 4.79 Å². The second-order valence-electron chi connectivity index (χ2n) is 4.11. The number of aliphatic carboxylic acids is 1. The van der Waals surface area contributed by atoms with Crippen LogP contribution in [0.2, 0.25) is 0 Å². The van der Waals surface area contributed by atoms with E-state index >= 15 is 0 Å². The van der Waals surface area contributed by atoms with E-state index in [0.717, 1.165) is 5.56 Å². The van der Waals surface area contributed by atoms with Gasteiger partial charge in [-0.25, -0.2) is 0 Å². The van der Waals surface area contributed by atoms with Gasteiger partial charge >= 0.3 is 5.97 Å². The van der Waals surface area contributed by atoms with Crippen molar-refractivity contribution in [2.24, 2.45) is 0 Å². The highest BCUT2D eigenvalue weighted by Crippen LogP contribution is 2.33. The zero-order valence-corrected chi connectivity index (χ0v) is 10.2. The smallest absolute Gasteiger partial charge is 0.321 e. The number of carboxylic acids is 1. The Hall–Kier alpha value is -1.00. The molecule has 1 aliphatic heterocycles. The molecule has 0 aromatic heterocycles. The third-order valence-electron chi connectivity index (χ3n) is 2.91. The van der Waals surface area contributed by atoms with Crippen LogP contribution in [0.15, 0.2) is 18.2 Å². The van der Waals surface area contributed by atoms with Crippen LogP contribution >= 0.6 is 11.8 Å². The molecule has 0 saturated carbocycles. The molecule has 0 bridgehead atoms. The van der Waals surface area contributed by atoms with Crippen LogP contribution in [0.4, 0.5) is 0 Å². The van der Waals surface area contributed by atoms with Crippen molar-refractivity contribution in [3.63, 3.8) is 0 Å². The third kappa shape index (κ3) is 2.23. The summed E-state index contributed by atoms with van der Waals surface area (Å²) in [5.41, 5.74) is 3.68. The maximum atomic E-state index is 10.8. The van der Waals surface area contributed by atoms with Gasteiger partial charge in [-0.1, -0.05) is 18.2 Å². The molecule has 0 amide bonds. The van der Waals surface area contributed by atoms with Gasteiger partial charge in [0.05, 0.1) is 5.37 Å². The molecule has 4 heteroatoms. The van der Waals surface area contributed by atoms with Gasteiger partial charge in [0.2, 0.25) is 0 Å². The molecule has 1 aliphatic rings. The number of nitrogens with one attached hydrogen (secondary N) is 1. The molecule has 3 nitrogen and oxygen atoms in total. The lowest BCUT2D eigenvalue weighted by Crippen LogP contribution is -2.33. The predicted molar refractivity (Wildman–Crippen MR) is 65.7 cm³/mol. The van der Waals surface area contributed by atoms with Crippen LogP contribution in [0.5, 0.6) is 0 Å². The average Bonchev–Trinajstić information content (AvgIpc) is 2.71. The number of hydrogen-bond donors (Lipinski definition) is 2. The molecule has 1 saturated heterocycles. The summed E-state index contributed by atoms with van der Waals surface area (Å²) in [5, 5.41) is 12.1. The molecule has 1 fully saturated rings. The minimum absolute atomic E-state index is 0.111. The van der Waals surface area contributed by atoms with Crippen molar-refractivity contribution >= 4 is 17.7 Å². The van der Waals surface area contributed by atoms with E-state index in [0.29, 0.717) is 5.75 Å². The standard InChI is InChI=1S/C12H15NO2S/c1-7-3-4-9(5-8(7)2)11-13-10(6-16-11)12(14)15/h3-5,10-11,13H,6H2,1-2H3,(H,14,15). The first-order chi connectivity index (χ1) is 7.58. The summed E-state index contributed by atoms with van der Waals surface area (Å²) < 4.78 is 0. The van der Waals surface area contributed by atoms with Gasteiger partial charge in [0, 0.05) is 5.75 Å². The maximum Gasteiger partial charge on any atom is 0.321 e. The summed E-state index contributed by atoms with van der Waals surface area (Å²) in [7, 11) is 0. The fourth-order valence-corrected chi connectivity index (χ4v) is 2.96. The number of carbonyl (C=O) groups is 1. The van der Waals surface area contributed by atoms with Crippen molar-refractivity contribution in [3.05, 3.63) is 34.9 Å². The van der Waals surface area contributed by atoms with Crippen molar-refractivity contribution in [3.8, 4) is 0 Å². The summed E-state index contributed by atoms with van der Waals surface area (Å²) in [5.74, 6) is -0.133. The first-order valence-corrected chi connectivity index (χ1v) is 6.30. The summed E-state index contributed by atoms with van der Waals surface area (Å²) in [6.45, 7) is 4.15. The van der Waals surface area contributed by atoms with E-state index in [2.05, 4.69) is 37.4 Å². The Balaban J connectivity index is 2.14. The lowest BCUT2D eigenvalue weighted by atomic mass is 10.1. The Morgan fingerprint density at radius 3 is 2.75 bits per heavy atom. The van der Waals surface area contributed by atoms with E-state index in [-0.39, 0.29) is 5.37 Å². The van der Waals surface area contributed by atoms with E-state index in [4.69, 9.17) is 5.11 Å². The largest absolute Gasteiger partial charge is 0.480 e. The van der Waals surface area contributed by atoms with Gasteiger partial charge in [0.25, 0.3) is 0 Å². The van der Waals surface area contributed by atoms with Crippen molar-refractivity contribution in [1.29, 1.82) is 0 Å². The Kier molecular flexibility index (Phi) is 3.21. The molecule has 1 aromatic carbocycles. The van der Waals surface area contributed by atoms with Gasteiger partial charge in [-0.2, -0.15) is 0 Å². The highest BCUT2D eigenvalue weighted by atomic mass is 32.2. The number of benzene rings is 1. The maximum absolute atomic E-state index is 10.8. The predicted octanol–water partition coefficient (Wildman–Crippen LogP) is 2.09. The molecule has 0 aliphatic carbocycles. The van der Waals surface area contributed by atoms with Crippen molar-refractivity contribution in [2.45, 2.75) is 25.3 Å². The van der Waals surface area contributed by atoms with E-state index in [9.17, 15) is 4.79 Å². The van der Waals surface area contributed by atoms with Gasteiger partial charge in [-0.3, -0.25) is 10.1 Å². The molecule has 86 valence electrons. The van der Waals surface area contributed by atoms with Crippen molar-refractivity contribution in [1.82, 2.24) is 5.32 Å². The van der Waals surface area contributed by atoms with E-state index in [1.807, 2.05) is 0 Å². The van der Waals surface area contributed by atoms with Gasteiger partial charge in [0.15, 0.2) is 0 Å². The number of aryl methyl sites for hydroxylation is 2. The molecule has 0 radical (unpaired) electrons. The van der Waals surface area contributed by atoms with Gasteiger partial charge < -0.3 is 5.11 Å². The van der Waals surface area contributed by atoms with Crippen LogP contribution in [0.1, 0.15) is 22.1 Å². The first-order valence-electron chi connectivity index (χ1n) is 5.25. The Morgan fingerprint density at radius 2 is 2.19 bits per heavy atom. The van der Waals surface area contributed by atoms with Crippen LogP contribution < -0.4 is 5.32 Å². The van der Waals surface area contributed by atoms with E-state index < -0.39 is 12.0 Å². The molecular weight excluding hydrogens is 222 g/mol. The topological polar surface area (TPSA) is 49.3 Å². The second kappa shape index (κ2) is 4.47. The normalized spacial score (nSPS) is 24.6. The van der Waals surface area contributed by atoms with Gasteiger partial charge in [-0.15, -0.1) is 11.8 Å². The van der Waals surface area contributed by atoms with Gasteiger partial charge in [-0.05, 0) is 30.5 Å². The molecule has 0 spiro atoms. The fourth-order valence-electron chi connectivity index (χ4n) is 1.73. The number of thioether (sulfide) groups is 1. The highest BCUT2D eigenvalue weighted by molar-refractivity contribution is 7.99. The Labute approximate surface area is 99.2 Å². The van der Waals surface area contributed by atoms with E-state index in [1.165, 1.54) is 11.1 Å². The summed E-state index contributed by atoms with van der Waals surface area (Å²) in [6, 6.07) is 5.86. The second-order valence-corrected chi connectivity index (χ2v) is 5.25. The van der Waals surface area contributed by atoms with E-state index in [1.54, 1.807) is 11.8 Å². The quantitative estimate of drug-likeness (QED) is 0.827. The number of carboxylic acid groups (broad SMARTS) is 1. The summed E-state index contributed by atoms with van der Waals surface area (Å²) in [6.07, 6.45) is 0. The van der Waals surface area contributed by atoms with Crippen LogP contribution in [0, 0.1) is 13.8 Å². The van der Waals surface area contributed by atoms with Crippen molar-refractivity contribution < 1.29 is 9.90 Å². The molecule has 2 atom stereocenters. The summed E-state index contributed by atoms with van der Waals surface area (Å²) >= 11 is 1.65. The molecule has 2 N–H and O–H groups in total. The molecule has 2 unspecified atom stereocenters. The molecule has 16 heavy (non-hydrogen) atoms. The zero-order chi connectivity index (χ0) is 11.7. The minimum Gasteiger partial charge on any atom is -0.480 e. The fraction of sp³-hybridized carbons (Fsp3) is 0.417. The minimum atomic E-state index is -0.765. The third-order valence-corrected chi connectivity index (χ3v) is 4.18. The molecule has 1 aromatic rings. The molecular formula is C12H15NO2S. The Bertz CT molecular complexity index is 419. The van der Waals surface area contributed by atoms with Crippen LogP contribution in [0.3, 0.4) is 0 Å². The number of rotatable bonds is 2. The first kappa shape index (κ1) is 11.5. The average molecular weight is 237 g/mol. The SMILES string of the molecule is Cc1ccc(C2NC(C(=O)O)CS2)cc1C. The van der Waals surface area contributed by atoms with Crippen LogP contribution in [-0.4, -0.2) is 22.9 Å². The highest BCUT2D eigenvalue weighted by Gasteiger charge is 2.30. The lowest BCUT2D eigenvalue weighted by Gasteiger charge is -2.12. The van der Waals surface area contributed by atoms with Crippen molar-refractivity contribution in [2.75, 3.05) is 5.75 Å². The van der Waals surface area contributed by atoms with Gasteiger partial charge in [0.1, 0.15) is 6.04 Å². The molecule has 2 rings (SSSR count). The zero-order valence-electron chi connectivity index (χ0n) is 9.36. The lowest BCUT2D eigenvalue weighted by molar-refractivity contribution is -0.138. The molecule has 1 heterocycles. The monoisotopic (exact) mass is 237 g/mol. The summed E-state index contributed by atoms with van der Waals surface area (Å²) in [4.78, 5) is 10.8. The Morgan fingerprint density at radius 1 is 1.44 bits per heavy atom.